The third-order valence-corrected chi connectivity index (χ3v) is 7.95. The van der Waals surface area contributed by atoms with Crippen molar-refractivity contribution in [2.24, 2.45) is 0 Å². The van der Waals surface area contributed by atoms with E-state index in [2.05, 4.69) is 0 Å². The number of hydrogen-bond acceptors (Lipinski definition) is 8. The molecule has 2 aromatic carbocycles. The number of hydrogen-bond donors (Lipinski definition) is 1. The number of nitrogens with zero attached hydrogens (tertiary/aromatic N) is 1. The molecule has 0 saturated carbocycles. The summed E-state index contributed by atoms with van der Waals surface area (Å²) in [5, 5.41) is 10.8. The summed E-state index contributed by atoms with van der Waals surface area (Å²) in [5.74, 6) is 2.46. The third kappa shape index (κ3) is 6.55. The molecule has 3 rings (SSSR count). The second-order valence-electron chi connectivity index (χ2n) is 8.73. The van der Waals surface area contributed by atoms with Crippen LogP contribution in [0.25, 0.3) is 0 Å². The second kappa shape index (κ2) is 11.3. The summed E-state index contributed by atoms with van der Waals surface area (Å²) in [7, 11) is 1.55. The maximum atomic E-state index is 12.2. The van der Waals surface area contributed by atoms with E-state index in [1.54, 1.807) is 21.3 Å². The van der Waals surface area contributed by atoms with Crippen LogP contribution in [0.4, 0.5) is 0 Å². The molecule has 2 aromatic rings. The number of sulfone groups is 1. The van der Waals surface area contributed by atoms with Crippen molar-refractivity contribution >= 4 is 9.84 Å². The van der Waals surface area contributed by atoms with Crippen LogP contribution < -0.4 is 18.9 Å². The van der Waals surface area contributed by atoms with E-state index in [1.165, 1.54) is 5.56 Å². The van der Waals surface area contributed by atoms with Gasteiger partial charge in [-0.25, -0.2) is 8.42 Å². The van der Waals surface area contributed by atoms with Crippen molar-refractivity contribution < 1.29 is 32.5 Å². The van der Waals surface area contributed by atoms with Crippen LogP contribution in [0.3, 0.4) is 0 Å². The zero-order chi connectivity index (χ0) is 24.9. The molecular formula is C25H35NO7S. The van der Waals surface area contributed by atoms with Crippen molar-refractivity contribution in [3.8, 4) is 23.0 Å². The van der Waals surface area contributed by atoms with Crippen LogP contribution in [0.2, 0.25) is 0 Å². The molecule has 0 radical (unpaired) electrons. The summed E-state index contributed by atoms with van der Waals surface area (Å²) in [6.07, 6.45) is -0.274. The van der Waals surface area contributed by atoms with Crippen LogP contribution in [0, 0.1) is 13.8 Å². The number of methoxy groups -OCH3 is 3. The molecule has 9 heteroatoms. The number of rotatable bonds is 11. The number of aliphatic hydroxyl groups is 1. The van der Waals surface area contributed by atoms with Crippen LogP contribution in [0.1, 0.15) is 23.1 Å². The van der Waals surface area contributed by atoms with Crippen LogP contribution in [-0.4, -0.2) is 76.6 Å². The Labute approximate surface area is 202 Å². The lowest BCUT2D eigenvalue weighted by Crippen LogP contribution is -2.42. The van der Waals surface area contributed by atoms with Gasteiger partial charge in [0.2, 0.25) is 5.75 Å². The highest BCUT2D eigenvalue weighted by Gasteiger charge is 2.33. The Morgan fingerprint density at radius 3 is 2.24 bits per heavy atom. The quantitative estimate of drug-likeness (QED) is 0.511. The van der Waals surface area contributed by atoms with Crippen LogP contribution in [-0.2, 0) is 16.4 Å². The van der Waals surface area contributed by atoms with Gasteiger partial charge in [-0.1, -0.05) is 6.07 Å². The maximum Gasteiger partial charge on any atom is 0.203 e. The van der Waals surface area contributed by atoms with Gasteiger partial charge >= 0.3 is 0 Å². The molecule has 34 heavy (non-hydrogen) atoms. The minimum atomic E-state index is -3.09. The lowest BCUT2D eigenvalue weighted by atomic mass is 10.1. The Hall–Kier alpha value is -2.49. The topological polar surface area (TPSA) is 94.5 Å². The predicted octanol–water partition coefficient (Wildman–Crippen LogP) is 2.76. The fraction of sp³-hybridized carbons (Fsp3) is 0.520. The largest absolute Gasteiger partial charge is 0.493 e. The molecule has 2 atom stereocenters. The highest BCUT2D eigenvalue weighted by molar-refractivity contribution is 7.91. The molecule has 1 saturated heterocycles. The molecule has 1 fully saturated rings. The van der Waals surface area contributed by atoms with Crippen molar-refractivity contribution in [3.63, 3.8) is 0 Å². The number of ether oxygens (including phenoxy) is 4. The van der Waals surface area contributed by atoms with E-state index in [0.29, 0.717) is 36.0 Å². The summed E-state index contributed by atoms with van der Waals surface area (Å²) in [5.41, 5.74) is 3.15. The molecule has 1 aliphatic heterocycles. The highest BCUT2D eigenvalue weighted by Crippen LogP contribution is 2.38. The first-order valence-corrected chi connectivity index (χ1v) is 13.1. The molecule has 0 aliphatic carbocycles. The molecule has 1 N–H and O–H groups in total. The van der Waals surface area contributed by atoms with E-state index in [9.17, 15) is 13.5 Å². The maximum absolute atomic E-state index is 12.2. The van der Waals surface area contributed by atoms with E-state index in [0.717, 1.165) is 11.1 Å². The summed E-state index contributed by atoms with van der Waals surface area (Å²) in [6, 6.07) is 9.30. The minimum absolute atomic E-state index is 0.0716. The van der Waals surface area contributed by atoms with Crippen LogP contribution in [0.15, 0.2) is 30.3 Å². The Balaban J connectivity index is 1.77. The first-order chi connectivity index (χ1) is 16.2. The predicted molar refractivity (Wildman–Crippen MR) is 131 cm³/mol. The Morgan fingerprint density at radius 1 is 1.03 bits per heavy atom. The number of benzene rings is 2. The standard InChI is InChI=1S/C25H35NO7S/c1-17-6-7-22(10-18(17)2)33-15-21(27)14-26(20-8-9-34(28,29)16-20)13-19-11-23(30-3)25(32-5)24(12-19)31-4/h6-7,10-12,20-21,27H,8-9,13-16H2,1-5H3. The van der Waals surface area contributed by atoms with Crippen molar-refractivity contribution in [1.29, 1.82) is 0 Å². The smallest absolute Gasteiger partial charge is 0.203 e. The van der Waals surface area contributed by atoms with E-state index in [1.807, 2.05) is 49.1 Å². The summed E-state index contributed by atoms with van der Waals surface area (Å²) in [6.45, 7) is 4.83. The summed E-state index contributed by atoms with van der Waals surface area (Å²) in [4.78, 5) is 2.00. The van der Waals surface area contributed by atoms with Crippen molar-refractivity contribution in [1.82, 2.24) is 4.90 Å². The first kappa shape index (κ1) is 26.1. The van der Waals surface area contributed by atoms with E-state index in [-0.39, 0.29) is 30.7 Å². The van der Waals surface area contributed by atoms with Gasteiger partial charge in [0.15, 0.2) is 21.3 Å². The first-order valence-electron chi connectivity index (χ1n) is 11.3. The fourth-order valence-electron chi connectivity index (χ4n) is 4.19. The fourth-order valence-corrected chi connectivity index (χ4v) is 5.95. The van der Waals surface area contributed by atoms with Crippen molar-refractivity contribution in [2.75, 3.05) is 46.0 Å². The van der Waals surface area contributed by atoms with Gasteiger partial charge in [-0.05, 0) is 61.2 Å². The normalized spacial score (nSPS) is 18.0. The SMILES string of the molecule is COc1cc(CN(CC(O)COc2ccc(C)c(C)c2)C2CCS(=O)(=O)C2)cc(OC)c1OC. The van der Waals surface area contributed by atoms with Gasteiger partial charge in [-0.3, -0.25) is 4.90 Å². The molecule has 0 bridgehead atoms. The molecule has 0 amide bonds. The van der Waals surface area contributed by atoms with Gasteiger partial charge in [0.1, 0.15) is 18.5 Å². The average Bonchev–Trinajstić information content (AvgIpc) is 3.18. The molecule has 0 spiro atoms. The molecule has 0 aromatic heterocycles. The highest BCUT2D eigenvalue weighted by atomic mass is 32.2. The van der Waals surface area contributed by atoms with Gasteiger partial charge < -0.3 is 24.1 Å². The molecule has 8 nitrogen and oxygen atoms in total. The van der Waals surface area contributed by atoms with Gasteiger partial charge in [0.05, 0.1) is 32.8 Å². The van der Waals surface area contributed by atoms with Gasteiger partial charge in [0, 0.05) is 19.1 Å². The Bertz CT molecular complexity index is 1060. The average molecular weight is 494 g/mol. The third-order valence-electron chi connectivity index (χ3n) is 6.20. The van der Waals surface area contributed by atoms with Crippen molar-refractivity contribution in [3.05, 3.63) is 47.0 Å². The Kier molecular flexibility index (Phi) is 8.67. The summed E-state index contributed by atoms with van der Waals surface area (Å²) >= 11 is 0. The number of aliphatic hydroxyl groups excluding tert-OH is 1. The zero-order valence-electron chi connectivity index (χ0n) is 20.5. The lowest BCUT2D eigenvalue weighted by molar-refractivity contribution is 0.0524. The zero-order valence-corrected chi connectivity index (χ0v) is 21.4. The minimum Gasteiger partial charge on any atom is -0.493 e. The number of aryl methyl sites for hydroxylation is 2. The van der Waals surface area contributed by atoms with E-state index in [4.69, 9.17) is 18.9 Å². The Morgan fingerprint density at radius 2 is 1.71 bits per heavy atom. The van der Waals surface area contributed by atoms with Gasteiger partial charge in [0.25, 0.3) is 0 Å². The summed E-state index contributed by atoms with van der Waals surface area (Å²) < 4.78 is 46.5. The van der Waals surface area contributed by atoms with E-state index < -0.39 is 15.9 Å². The second-order valence-corrected chi connectivity index (χ2v) is 11.0. The van der Waals surface area contributed by atoms with Crippen LogP contribution >= 0.6 is 0 Å². The lowest BCUT2D eigenvalue weighted by Gasteiger charge is -2.30. The van der Waals surface area contributed by atoms with Gasteiger partial charge in [-0.15, -0.1) is 0 Å². The molecule has 2 unspecified atom stereocenters. The molecule has 1 heterocycles. The van der Waals surface area contributed by atoms with Crippen LogP contribution in [0.5, 0.6) is 23.0 Å². The van der Waals surface area contributed by atoms with Gasteiger partial charge in [-0.2, -0.15) is 0 Å². The molecular weight excluding hydrogens is 458 g/mol. The monoisotopic (exact) mass is 493 g/mol. The molecule has 1 aliphatic rings. The van der Waals surface area contributed by atoms with E-state index >= 15 is 0 Å². The van der Waals surface area contributed by atoms with Crippen molar-refractivity contribution in [2.45, 2.75) is 39.0 Å². The molecule has 188 valence electrons.